The summed E-state index contributed by atoms with van der Waals surface area (Å²) in [6.07, 6.45) is 9.55. The van der Waals surface area contributed by atoms with Crippen LogP contribution in [0.5, 0.6) is 0 Å². The number of allylic oxidation sites excluding steroid dienone is 3. The second-order valence-electron chi connectivity index (χ2n) is 1.51. The lowest BCUT2D eigenvalue weighted by Gasteiger charge is -1.97. The monoisotopic (exact) mass is 140 g/mol. The van der Waals surface area contributed by atoms with Crippen molar-refractivity contribution in [2.24, 2.45) is 5.10 Å². The Hall–Kier alpha value is -0.700. The molecule has 0 aromatic heterocycles. The van der Waals surface area contributed by atoms with Crippen LogP contribution < -0.4 is 5.43 Å². The molecule has 48 valence electrons. The van der Waals surface area contributed by atoms with Gasteiger partial charge in [-0.15, -0.1) is 11.8 Å². The summed E-state index contributed by atoms with van der Waals surface area (Å²) < 4.78 is 0. The van der Waals surface area contributed by atoms with Crippen molar-refractivity contribution in [1.82, 2.24) is 5.43 Å². The zero-order chi connectivity index (χ0) is 6.53. The summed E-state index contributed by atoms with van der Waals surface area (Å²) in [5.41, 5.74) is 2.86. The quantitative estimate of drug-likeness (QED) is 0.594. The van der Waals surface area contributed by atoms with Gasteiger partial charge in [-0.1, -0.05) is 6.08 Å². The van der Waals surface area contributed by atoms with Crippen molar-refractivity contribution in [2.75, 3.05) is 6.26 Å². The van der Waals surface area contributed by atoms with Gasteiger partial charge in [0.1, 0.15) is 0 Å². The lowest BCUT2D eigenvalue weighted by Crippen LogP contribution is -1.99. The van der Waals surface area contributed by atoms with Crippen molar-refractivity contribution in [3.63, 3.8) is 0 Å². The van der Waals surface area contributed by atoms with Gasteiger partial charge in [0.25, 0.3) is 0 Å². The molecule has 1 N–H and O–H groups in total. The van der Waals surface area contributed by atoms with Gasteiger partial charge in [-0.3, -0.25) is 5.43 Å². The molecule has 9 heavy (non-hydrogen) atoms. The van der Waals surface area contributed by atoms with Crippen LogP contribution in [-0.4, -0.2) is 12.5 Å². The predicted octanol–water partition coefficient (Wildman–Crippen LogP) is 1.34. The maximum Gasteiger partial charge on any atom is 0.0888 e. The molecule has 1 rings (SSSR count). The summed E-state index contributed by atoms with van der Waals surface area (Å²) >= 11 is 1.64. The van der Waals surface area contributed by atoms with Gasteiger partial charge in [0.2, 0.25) is 0 Å². The van der Waals surface area contributed by atoms with Crippen molar-refractivity contribution in [3.05, 3.63) is 23.3 Å². The van der Waals surface area contributed by atoms with E-state index in [1.807, 2.05) is 24.5 Å². The minimum Gasteiger partial charge on any atom is -0.272 e. The van der Waals surface area contributed by atoms with E-state index in [1.54, 1.807) is 18.0 Å². The lowest BCUT2D eigenvalue weighted by atomic mass is 10.5. The minimum atomic E-state index is 1.07. The number of rotatable bonds is 1. The highest BCUT2D eigenvalue weighted by atomic mass is 32.2. The standard InChI is InChI=1S/C6H8N2S/c1-9-6-4-2-3-5-7-8-6/h2-5,8H,1H3. The van der Waals surface area contributed by atoms with Gasteiger partial charge < -0.3 is 0 Å². The van der Waals surface area contributed by atoms with E-state index in [0.717, 1.165) is 5.03 Å². The zero-order valence-electron chi connectivity index (χ0n) is 5.16. The van der Waals surface area contributed by atoms with Gasteiger partial charge in [-0.25, -0.2) is 0 Å². The van der Waals surface area contributed by atoms with Crippen LogP contribution in [0.15, 0.2) is 28.4 Å². The molecule has 1 heterocycles. The van der Waals surface area contributed by atoms with E-state index < -0.39 is 0 Å². The van der Waals surface area contributed by atoms with E-state index in [-0.39, 0.29) is 0 Å². The summed E-state index contributed by atoms with van der Waals surface area (Å²) in [7, 11) is 0. The molecule has 0 aromatic carbocycles. The van der Waals surface area contributed by atoms with Crippen LogP contribution in [0, 0.1) is 0 Å². The number of hydrazone groups is 1. The van der Waals surface area contributed by atoms with E-state index in [4.69, 9.17) is 0 Å². The molecule has 1 aliphatic rings. The van der Waals surface area contributed by atoms with E-state index in [2.05, 4.69) is 10.5 Å². The molecular weight excluding hydrogens is 132 g/mol. The van der Waals surface area contributed by atoms with Crippen molar-refractivity contribution < 1.29 is 0 Å². The van der Waals surface area contributed by atoms with Crippen LogP contribution in [0.3, 0.4) is 0 Å². The van der Waals surface area contributed by atoms with Gasteiger partial charge in [0.05, 0.1) is 5.03 Å². The SMILES string of the molecule is CSC1=CC=CC=NN1. The molecular formula is C6H8N2S. The molecule has 0 unspecified atom stereocenters. The molecule has 0 amide bonds. The molecule has 0 spiro atoms. The largest absolute Gasteiger partial charge is 0.272 e. The average molecular weight is 140 g/mol. The Labute approximate surface area is 58.7 Å². The van der Waals surface area contributed by atoms with Crippen LogP contribution in [0.25, 0.3) is 0 Å². The first-order valence-electron chi connectivity index (χ1n) is 2.63. The second-order valence-corrected chi connectivity index (χ2v) is 2.36. The van der Waals surface area contributed by atoms with Crippen molar-refractivity contribution in [2.45, 2.75) is 0 Å². The zero-order valence-corrected chi connectivity index (χ0v) is 5.98. The molecule has 2 nitrogen and oxygen atoms in total. The van der Waals surface area contributed by atoms with Crippen molar-refractivity contribution >= 4 is 18.0 Å². The fourth-order valence-electron chi connectivity index (χ4n) is 0.488. The van der Waals surface area contributed by atoms with Gasteiger partial charge in [-0.05, 0) is 18.4 Å². The number of thioether (sulfide) groups is 1. The lowest BCUT2D eigenvalue weighted by molar-refractivity contribution is 0.962. The molecule has 0 atom stereocenters. The molecule has 0 saturated heterocycles. The highest BCUT2D eigenvalue weighted by Crippen LogP contribution is 2.07. The molecule has 0 saturated carbocycles. The third-order valence-corrected chi connectivity index (χ3v) is 1.58. The van der Waals surface area contributed by atoms with Crippen LogP contribution in [0.1, 0.15) is 0 Å². The van der Waals surface area contributed by atoms with E-state index in [1.165, 1.54) is 0 Å². The highest BCUT2D eigenvalue weighted by Gasteiger charge is 1.88. The Bertz CT molecular complexity index is 170. The van der Waals surface area contributed by atoms with E-state index >= 15 is 0 Å². The van der Waals surface area contributed by atoms with Crippen LogP contribution in [0.2, 0.25) is 0 Å². The minimum absolute atomic E-state index is 1.07. The van der Waals surface area contributed by atoms with Crippen molar-refractivity contribution in [3.8, 4) is 0 Å². The number of hydrogen-bond acceptors (Lipinski definition) is 3. The van der Waals surface area contributed by atoms with E-state index in [0.29, 0.717) is 0 Å². The molecule has 0 fully saturated rings. The maximum atomic E-state index is 3.87. The molecule has 0 aliphatic carbocycles. The Morgan fingerprint density at radius 2 is 2.44 bits per heavy atom. The summed E-state index contributed by atoms with van der Waals surface area (Å²) in [5, 5.41) is 4.94. The molecule has 0 radical (unpaired) electrons. The Morgan fingerprint density at radius 1 is 1.56 bits per heavy atom. The van der Waals surface area contributed by atoms with Crippen LogP contribution in [-0.2, 0) is 0 Å². The predicted molar refractivity (Wildman–Crippen MR) is 42.4 cm³/mol. The first-order chi connectivity index (χ1) is 4.43. The molecule has 3 heteroatoms. The third-order valence-electron chi connectivity index (χ3n) is 0.914. The smallest absolute Gasteiger partial charge is 0.0888 e. The van der Waals surface area contributed by atoms with Crippen LogP contribution >= 0.6 is 11.8 Å². The highest BCUT2D eigenvalue weighted by molar-refractivity contribution is 8.02. The number of hydrogen-bond donors (Lipinski definition) is 1. The Balaban J connectivity index is 2.62. The summed E-state index contributed by atoms with van der Waals surface area (Å²) in [6, 6.07) is 0. The second kappa shape index (κ2) is 3.35. The van der Waals surface area contributed by atoms with Gasteiger partial charge >= 0.3 is 0 Å². The molecule has 0 aromatic rings. The average Bonchev–Trinajstić information content (AvgIpc) is 2.13. The summed E-state index contributed by atoms with van der Waals surface area (Å²) in [5.74, 6) is 0. The Kier molecular flexibility index (Phi) is 2.39. The fourth-order valence-corrected chi connectivity index (χ4v) is 0.846. The summed E-state index contributed by atoms with van der Waals surface area (Å²) in [4.78, 5) is 0. The third kappa shape index (κ3) is 1.93. The molecule has 1 aliphatic heterocycles. The first-order valence-corrected chi connectivity index (χ1v) is 3.86. The van der Waals surface area contributed by atoms with Gasteiger partial charge in [0.15, 0.2) is 0 Å². The molecule has 0 bridgehead atoms. The fraction of sp³-hybridized carbons (Fsp3) is 0.167. The normalized spacial score (nSPS) is 16.3. The van der Waals surface area contributed by atoms with Crippen molar-refractivity contribution in [1.29, 1.82) is 0 Å². The maximum absolute atomic E-state index is 3.87. The number of nitrogens with zero attached hydrogens (tertiary/aromatic N) is 1. The van der Waals surface area contributed by atoms with Crippen LogP contribution in [0.4, 0.5) is 0 Å². The van der Waals surface area contributed by atoms with Gasteiger partial charge in [-0.2, -0.15) is 5.10 Å². The number of nitrogens with one attached hydrogen (secondary N) is 1. The topological polar surface area (TPSA) is 24.4 Å². The Morgan fingerprint density at radius 3 is 3.22 bits per heavy atom. The van der Waals surface area contributed by atoms with Gasteiger partial charge in [0, 0.05) is 6.21 Å². The van der Waals surface area contributed by atoms with E-state index in [9.17, 15) is 0 Å². The summed E-state index contributed by atoms with van der Waals surface area (Å²) in [6.45, 7) is 0. The first kappa shape index (κ1) is 6.42.